The Morgan fingerprint density at radius 3 is 2.72 bits per heavy atom. The zero-order valence-corrected chi connectivity index (χ0v) is 16.7. The van der Waals surface area contributed by atoms with E-state index < -0.39 is 0 Å². The van der Waals surface area contributed by atoms with Crippen LogP contribution in [0.3, 0.4) is 0 Å². The van der Waals surface area contributed by atoms with Crippen molar-refractivity contribution in [1.82, 2.24) is 14.7 Å². The highest BCUT2D eigenvalue weighted by atomic mass is 16.3. The summed E-state index contributed by atoms with van der Waals surface area (Å²) in [7, 11) is 0. The van der Waals surface area contributed by atoms with Crippen molar-refractivity contribution in [2.75, 3.05) is 11.9 Å². The molecular formula is C22H26N4O3. The van der Waals surface area contributed by atoms with Gasteiger partial charge in [0.25, 0.3) is 5.91 Å². The number of unbranched alkanes of at least 4 members (excludes halogenated alkanes) is 2. The molecular weight excluding hydrogens is 368 g/mol. The van der Waals surface area contributed by atoms with E-state index in [1.165, 1.54) is 0 Å². The Labute approximate surface area is 169 Å². The number of aromatic nitrogens is 2. The number of phenols is 1. The molecule has 0 saturated carbocycles. The summed E-state index contributed by atoms with van der Waals surface area (Å²) < 4.78 is 1.79. The molecule has 0 unspecified atom stereocenters. The molecule has 0 aliphatic heterocycles. The number of aromatic hydroxyl groups is 1. The number of fused-ring (bicyclic) bond motifs is 1. The lowest BCUT2D eigenvalue weighted by molar-refractivity contribution is -0.116. The molecule has 3 N–H and O–H groups in total. The summed E-state index contributed by atoms with van der Waals surface area (Å²) in [6, 6.07) is 10.8. The average Bonchev–Trinajstić information content (AvgIpc) is 3.02. The van der Waals surface area contributed by atoms with Crippen LogP contribution in [0.25, 0.3) is 5.65 Å². The third-order valence-corrected chi connectivity index (χ3v) is 4.71. The molecule has 152 valence electrons. The normalized spacial score (nSPS) is 10.8. The lowest BCUT2D eigenvalue weighted by Crippen LogP contribution is -2.26. The molecule has 2 aromatic heterocycles. The van der Waals surface area contributed by atoms with Crippen molar-refractivity contribution in [3.63, 3.8) is 0 Å². The lowest BCUT2D eigenvalue weighted by Gasteiger charge is -2.08. The minimum absolute atomic E-state index is 0.0729. The van der Waals surface area contributed by atoms with Gasteiger partial charge >= 0.3 is 0 Å². The molecule has 0 aliphatic carbocycles. The first kappa shape index (κ1) is 20.4. The van der Waals surface area contributed by atoms with Gasteiger partial charge in [-0.25, -0.2) is 4.98 Å². The van der Waals surface area contributed by atoms with Gasteiger partial charge in [-0.2, -0.15) is 0 Å². The first-order valence-electron chi connectivity index (χ1n) is 9.77. The molecule has 0 saturated heterocycles. The topological polar surface area (TPSA) is 95.7 Å². The van der Waals surface area contributed by atoms with E-state index in [4.69, 9.17) is 0 Å². The van der Waals surface area contributed by atoms with Crippen LogP contribution >= 0.6 is 0 Å². The number of rotatable bonds is 8. The van der Waals surface area contributed by atoms with Crippen molar-refractivity contribution in [3.8, 4) is 5.75 Å². The number of carbonyl (C=O) groups excluding carboxylic acids is 2. The molecule has 0 atom stereocenters. The summed E-state index contributed by atoms with van der Waals surface area (Å²) in [4.78, 5) is 28.9. The summed E-state index contributed by atoms with van der Waals surface area (Å²) >= 11 is 0. The zero-order chi connectivity index (χ0) is 20.8. The van der Waals surface area contributed by atoms with Crippen LogP contribution in [0.15, 0.2) is 42.6 Å². The molecule has 7 nitrogen and oxygen atoms in total. The van der Waals surface area contributed by atoms with E-state index in [9.17, 15) is 14.7 Å². The van der Waals surface area contributed by atoms with Crippen LogP contribution < -0.4 is 10.6 Å². The van der Waals surface area contributed by atoms with E-state index in [0.717, 1.165) is 24.1 Å². The summed E-state index contributed by atoms with van der Waals surface area (Å²) in [6.07, 6.45) is 4.51. The maximum absolute atomic E-state index is 12.5. The van der Waals surface area contributed by atoms with Crippen molar-refractivity contribution in [1.29, 1.82) is 0 Å². The second-order valence-corrected chi connectivity index (χ2v) is 7.11. The summed E-state index contributed by atoms with van der Waals surface area (Å²) in [5.74, 6) is -0.202. The Morgan fingerprint density at radius 2 is 1.93 bits per heavy atom. The molecule has 0 aliphatic rings. The van der Waals surface area contributed by atoms with Crippen molar-refractivity contribution >= 4 is 23.1 Å². The number of nitrogens with one attached hydrogen (secondary N) is 2. The smallest absolute Gasteiger partial charge is 0.270 e. The molecule has 3 aromatic rings. The number of amides is 2. The monoisotopic (exact) mass is 394 g/mol. The van der Waals surface area contributed by atoms with Crippen LogP contribution in [0.5, 0.6) is 5.75 Å². The Bertz CT molecular complexity index is 1030. The van der Waals surface area contributed by atoms with Gasteiger partial charge in [-0.05, 0) is 56.5 Å². The largest absolute Gasteiger partial charge is 0.506 e. The number of carbonyl (C=O) groups is 2. The molecule has 29 heavy (non-hydrogen) atoms. The van der Waals surface area contributed by atoms with E-state index in [2.05, 4.69) is 15.6 Å². The molecule has 0 spiro atoms. The SMILES string of the molecule is Cc1ccc(NC(=O)CCCCCNC(=O)c2c(C)nc3ccccn23)c(O)c1. The summed E-state index contributed by atoms with van der Waals surface area (Å²) in [5.41, 5.74) is 3.36. The molecule has 3 rings (SSSR count). The lowest BCUT2D eigenvalue weighted by atomic mass is 10.1. The highest BCUT2D eigenvalue weighted by Crippen LogP contribution is 2.24. The molecule has 1 aromatic carbocycles. The Balaban J connectivity index is 1.38. The van der Waals surface area contributed by atoms with Gasteiger partial charge in [0.2, 0.25) is 5.91 Å². The third-order valence-electron chi connectivity index (χ3n) is 4.71. The van der Waals surface area contributed by atoms with Crippen molar-refractivity contribution in [3.05, 3.63) is 59.5 Å². The quantitative estimate of drug-likeness (QED) is 0.402. The number of hydrogen-bond donors (Lipinski definition) is 3. The molecule has 2 amide bonds. The second kappa shape index (κ2) is 9.23. The van der Waals surface area contributed by atoms with Crippen molar-refractivity contribution in [2.24, 2.45) is 0 Å². The fraction of sp³-hybridized carbons (Fsp3) is 0.318. The standard InChI is InChI=1S/C22H26N4O3/c1-15-10-11-17(18(27)14-15)25-20(28)9-4-3-6-12-23-22(29)21-16(2)24-19-8-5-7-13-26(19)21/h5,7-8,10-11,13-14,27H,3-4,6,9,12H2,1-2H3,(H,23,29)(H,25,28). The molecule has 0 fully saturated rings. The van der Waals surface area contributed by atoms with Crippen LogP contribution in [-0.2, 0) is 4.79 Å². The van der Waals surface area contributed by atoms with Gasteiger partial charge in [0.15, 0.2) is 0 Å². The van der Waals surface area contributed by atoms with E-state index in [0.29, 0.717) is 36.5 Å². The van der Waals surface area contributed by atoms with Gasteiger partial charge in [0.1, 0.15) is 17.1 Å². The number of aryl methyl sites for hydroxylation is 2. The molecule has 0 bridgehead atoms. The zero-order valence-electron chi connectivity index (χ0n) is 16.7. The van der Waals surface area contributed by atoms with Gasteiger partial charge < -0.3 is 15.7 Å². The van der Waals surface area contributed by atoms with Gasteiger partial charge in [0.05, 0.1) is 11.4 Å². The van der Waals surface area contributed by atoms with E-state index in [1.807, 2.05) is 44.3 Å². The first-order valence-corrected chi connectivity index (χ1v) is 9.77. The highest BCUT2D eigenvalue weighted by molar-refractivity contribution is 5.94. The maximum atomic E-state index is 12.5. The fourth-order valence-corrected chi connectivity index (χ4v) is 3.22. The average molecular weight is 394 g/mol. The Hall–Kier alpha value is -3.35. The van der Waals surface area contributed by atoms with Crippen molar-refractivity contribution in [2.45, 2.75) is 39.5 Å². The van der Waals surface area contributed by atoms with E-state index in [-0.39, 0.29) is 17.6 Å². The number of benzene rings is 1. The van der Waals surface area contributed by atoms with E-state index >= 15 is 0 Å². The minimum atomic E-state index is -0.145. The van der Waals surface area contributed by atoms with Gasteiger partial charge in [0, 0.05) is 19.2 Å². The summed E-state index contributed by atoms with van der Waals surface area (Å²) in [6.45, 7) is 4.24. The Morgan fingerprint density at radius 1 is 1.10 bits per heavy atom. The van der Waals surface area contributed by atoms with Gasteiger partial charge in [-0.1, -0.05) is 18.6 Å². The fourth-order valence-electron chi connectivity index (χ4n) is 3.22. The molecule has 0 radical (unpaired) electrons. The number of phenolic OH excluding ortho intramolecular Hbond substituents is 1. The number of anilines is 1. The predicted molar refractivity (Wildman–Crippen MR) is 112 cm³/mol. The van der Waals surface area contributed by atoms with Crippen LogP contribution in [0.2, 0.25) is 0 Å². The van der Waals surface area contributed by atoms with Crippen LogP contribution in [-0.4, -0.2) is 32.9 Å². The first-order chi connectivity index (χ1) is 14.0. The van der Waals surface area contributed by atoms with Crippen LogP contribution in [0, 0.1) is 13.8 Å². The van der Waals surface area contributed by atoms with E-state index in [1.54, 1.807) is 16.5 Å². The summed E-state index contributed by atoms with van der Waals surface area (Å²) in [5, 5.41) is 15.5. The molecule has 2 heterocycles. The molecule has 7 heteroatoms. The number of nitrogens with zero attached hydrogens (tertiary/aromatic N) is 2. The van der Waals surface area contributed by atoms with Crippen LogP contribution in [0.4, 0.5) is 5.69 Å². The maximum Gasteiger partial charge on any atom is 0.270 e. The van der Waals surface area contributed by atoms with Gasteiger partial charge in [-0.3, -0.25) is 14.0 Å². The second-order valence-electron chi connectivity index (χ2n) is 7.11. The minimum Gasteiger partial charge on any atom is -0.506 e. The predicted octanol–water partition coefficient (Wildman–Crippen LogP) is 3.59. The Kier molecular flexibility index (Phi) is 6.49. The van der Waals surface area contributed by atoms with Crippen LogP contribution in [0.1, 0.15) is 47.4 Å². The number of imidazole rings is 1. The van der Waals surface area contributed by atoms with Crippen molar-refractivity contribution < 1.29 is 14.7 Å². The van der Waals surface area contributed by atoms with Gasteiger partial charge in [-0.15, -0.1) is 0 Å². The highest BCUT2D eigenvalue weighted by Gasteiger charge is 2.15. The number of pyridine rings is 1. The number of hydrogen-bond acceptors (Lipinski definition) is 4. The third kappa shape index (κ3) is 5.13.